The van der Waals surface area contributed by atoms with Gasteiger partial charge >= 0.3 is 5.97 Å². The zero-order valence-corrected chi connectivity index (χ0v) is 13.3. The van der Waals surface area contributed by atoms with E-state index in [2.05, 4.69) is 0 Å². The molecule has 142 valence electrons. The Morgan fingerprint density at radius 2 is 1.23 bits per heavy atom. The maximum absolute atomic E-state index is 12.7. The summed E-state index contributed by atoms with van der Waals surface area (Å²) in [6.45, 7) is 2.31. The van der Waals surface area contributed by atoms with Gasteiger partial charge in [-0.2, -0.15) is 0 Å². The van der Waals surface area contributed by atoms with Crippen LogP contribution in [-0.4, -0.2) is 22.7 Å². The van der Waals surface area contributed by atoms with E-state index < -0.39 is 52.0 Å². The van der Waals surface area contributed by atoms with Gasteiger partial charge in [0, 0.05) is 5.56 Å². The van der Waals surface area contributed by atoms with Crippen molar-refractivity contribution in [2.75, 3.05) is 0 Å². The first-order chi connectivity index (χ1) is 12.0. The molecule has 0 aromatic heterocycles. The van der Waals surface area contributed by atoms with Crippen LogP contribution in [0.3, 0.4) is 0 Å². The molecule has 4 nitrogen and oxygen atoms in total. The Morgan fingerprint density at radius 1 is 0.846 bits per heavy atom. The number of carboxylic acid groups (broad SMARTS) is 2. The molecule has 0 aliphatic rings. The average molecular weight is 382 g/mol. The molecule has 2 aromatic carbocycles. The zero-order chi connectivity index (χ0) is 20.6. The fourth-order valence-corrected chi connectivity index (χ4v) is 1.59. The molecule has 0 aliphatic heterocycles. The first kappa shape index (κ1) is 23.0. The Labute approximate surface area is 143 Å². The predicted molar refractivity (Wildman–Crippen MR) is 77.8 cm³/mol. The van der Waals surface area contributed by atoms with E-state index in [-0.39, 0.29) is 6.47 Å². The van der Waals surface area contributed by atoms with Crippen LogP contribution in [-0.2, 0) is 4.79 Å². The molecule has 0 fully saturated rings. The van der Waals surface area contributed by atoms with Crippen LogP contribution in [0.4, 0.5) is 26.3 Å². The monoisotopic (exact) mass is 382 g/mol. The van der Waals surface area contributed by atoms with Crippen molar-refractivity contribution in [2.24, 2.45) is 0 Å². The number of aryl methyl sites for hydroxylation is 1. The lowest BCUT2D eigenvalue weighted by atomic mass is 10.1. The van der Waals surface area contributed by atoms with Gasteiger partial charge < -0.3 is 10.2 Å². The van der Waals surface area contributed by atoms with Gasteiger partial charge in [-0.3, -0.25) is 4.79 Å². The van der Waals surface area contributed by atoms with E-state index in [4.69, 9.17) is 15.0 Å². The summed E-state index contributed by atoms with van der Waals surface area (Å²) in [5.74, 6) is -9.80. The highest BCUT2D eigenvalue weighted by molar-refractivity contribution is 5.89. The topological polar surface area (TPSA) is 74.6 Å². The van der Waals surface area contributed by atoms with Crippen molar-refractivity contribution in [3.05, 3.63) is 69.8 Å². The van der Waals surface area contributed by atoms with Crippen molar-refractivity contribution in [2.45, 2.75) is 13.8 Å². The van der Waals surface area contributed by atoms with Gasteiger partial charge in [-0.05, 0) is 37.6 Å². The van der Waals surface area contributed by atoms with Crippen molar-refractivity contribution >= 4 is 12.4 Å². The Hall–Kier alpha value is -3.04. The van der Waals surface area contributed by atoms with Crippen LogP contribution in [0.2, 0.25) is 0 Å². The summed E-state index contributed by atoms with van der Waals surface area (Å²) in [7, 11) is 0. The second kappa shape index (κ2) is 10.1. The first-order valence-corrected chi connectivity index (χ1v) is 6.54. The Bertz CT molecular complexity index is 785. The quantitative estimate of drug-likeness (QED) is 0.440. The predicted octanol–water partition coefficient (Wildman–Crippen LogP) is 4.22. The second-order valence-corrected chi connectivity index (χ2v) is 4.61. The van der Waals surface area contributed by atoms with E-state index in [0.29, 0.717) is 11.6 Å². The number of rotatable bonds is 1. The number of halogens is 6. The van der Waals surface area contributed by atoms with Crippen LogP contribution in [0, 0.1) is 48.8 Å². The third-order valence-electron chi connectivity index (χ3n) is 2.77. The minimum absolute atomic E-state index is 0.250. The third-order valence-corrected chi connectivity index (χ3v) is 2.77. The molecule has 0 aliphatic carbocycles. The van der Waals surface area contributed by atoms with E-state index in [0.717, 1.165) is 19.1 Å². The third kappa shape index (κ3) is 6.11. The van der Waals surface area contributed by atoms with Gasteiger partial charge in [-0.1, -0.05) is 0 Å². The molecule has 2 rings (SSSR count). The molecule has 0 atom stereocenters. The fraction of sp³-hybridized carbons (Fsp3) is 0.125. The largest absolute Gasteiger partial charge is 0.483 e. The van der Waals surface area contributed by atoms with Gasteiger partial charge in [-0.15, -0.1) is 0 Å². The molecule has 0 saturated heterocycles. The van der Waals surface area contributed by atoms with Crippen LogP contribution >= 0.6 is 0 Å². The molecule has 0 unspecified atom stereocenters. The SMILES string of the molecule is Cc1c(C(=O)O)cc(F)c(F)c1F.Cc1cc(F)c(F)c(F)c1.O=CO. The highest BCUT2D eigenvalue weighted by Crippen LogP contribution is 2.19. The number of carbonyl (C=O) groups is 2. The number of carboxylic acids is 1. The van der Waals surface area contributed by atoms with E-state index in [1.807, 2.05) is 0 Å². The summed E-state index contributed by atoms with van der Waals surface area (Å²) < 4.78 is 74.3. The normalized spacial score (nSPS) is 9.38. The number of hydrogen-bond acceptors (Lipinski definition) is 2. The van der Waals surface area contributed by atoms with E-state index >= 15 is 0 Å². The fourth-order valence-electron chi connectivity index (χ4n) is 1.59. The van der Waals surface area contributed by atoms with Crippen molar-refractivity contribution in [3.8, 4) is 0 Å². The van der Waals surface area contributed by atoms with E-state index in [1.54, 1.807) is 0 Å². The van der Waals surface area contributed by atoms with Gasteiger partial charge in [0.1, 0.15) is 0 Å². The van der Waals surface area contributed by atoms with E-state index in [9.17, 15) is 31.1 Å². The van der Waals surface area contributed by atoms with Crippen LogP contribution < -0.4 is 0 Å². The maximum atomic E-state index is 12.7. The number of hydrogen-bond donors (Lipinski definition) is 2. The molecule has 0 bridgehead atoms. The van der Waals surface area contributed by atoms with Gasteiger partial charge in [0.15, 0.2) is 34.9 Å². The van der Waals surface area contributed by atoms with Gasteiger partial charge in [0.05, 0.1) is 5.56 Å². The molecule has 0 saturated carbocycles. The molecule has 2 N–H and O–H groups in total. The average Bonchev–Trinajstić information content (AvgIpc) is 2.55. The maximum Gasteiger partial charge on any atom is 0.336 e. The molecule has 10 heteroatoms. The summed E-state index contributed by atoms with van der Waals surface area (Å²) in [5.41, 5.74) is -0.612. The highest BCUT2D eigenvalue weighted by atomic mass is 19.2. The van der Waals surface area contributed by atoms with Gasteiger partial charge in [-0.25, -0.2) is 31.1 Å². The lowest BCUT2D eigenvalue weighted by Crippen LogP contribution is -2.05. The van der Waals surface area contributed by atoms with Crippen molar-refractivity contribution < 1.29 is 46.1 Å². The van der Waals surface area contributed by atoms with Crippen molar-refractivity contribution in [1.29, 1.82) is 0 Å². The smallest absolute Gasteiger partial charge is 0.336 e. The summed E-state index contributed by atoms with van der Waals surface area (Å²) in [4.78, 5) is 18.7. The molecular formula is C16H12F6O4. The van der Waals surface area contributed by atoms with Crippen LogP contribution in [0.5, 0.6) is 0 Å². The highest BCUT2D eigenvalue weighted by Gasteiger charge is 2.18. The minimum Gasteiger partial charge on any atom is -0.483 e. The number of benzene rings is 2. The standard InChI is InChI=1S/C8H5F3O2.C7H5F3.CH2O2/c1-3-4(8(12)13)2-5(9)7(11)6(3)10;1-4-2-5(8)7(10)6(9)3-4;2-1-3/h2H,1H3,(H,12,13);2-3H,1H3;1H,(H,2,3). The van der Waals surface area contributed by atoms with Crippen LogP contribution in [0.25, 0.3) is 0 Å². The Balaban J connectivity index is 0.000000428. The van der Waals surface area contributed by atoms with Crippen LogP contribution in [0.15, 0.2) is 18.2 Å². The lowest BCUT2D eigenvalue weighted by molar-refractivity contribution is -0.122. The molecule has 26 heavy (non-hydrogen) atoms. The second-order valence-electron chi connectivity index (χ2n) is 4.61. The Kier molecular flexibility index (Phi) is 8.89. The van der Waals surface area contributed by atoms with E-state index in [1.165, 1.54) is 6.92 Å². The summed E-state index contributed by atoms with van der Waals surface area (Å²) in [6, 6.07) is 2.34. The molecule has 0 spiro atoms. The van der Waals surface area contributed by atoms with Gasteiger partial charge in [0.2, 0.25) is 0 Å². The van der Waals surface area contributed by atoms with Crippen molar-refractivity contribution in [3.63, 3.8) is 0 Å². The van der Waals surface area contributed by atoms with Gasteiger partial charge in [0.25, 0.3) is 6.47 Å². The Morgan fingerprint density at radius 3 is 1.62 bits per heavy atom. The molecule has 0 radical (unpaired) electrons. The summed E-state index contributed by atoms with van der Waals surface area (Å²) >= 11 is 0. The summed E-state index contributed by atoms with van der Waals surface area (Å²) in [5, 5.41) is 15.3. The zero-order valence-electron chi connectivity index (χ0n) is 13.3. The molecule has 0 heterocycles. The number of aromatic carboxylic acids is 1. The van der Waals surface area contributed by atoms with Crippen LogP contribution in [0.1, 0.15) is 21.5 Å². The van der Waals surface area contributed by atoms with Crippen molar-refractivity contribution in [1.82, 2.24) is 0 Å². The molecule has 2 aromatic rings. The lowest BCUT2D eigenvalue weighted by Gasteiger charge is -2.03. The molecular weight excluding hydrogens is 370 g/mol. The molecule has 0 amide bonds. The first-order valence-electron chi connectivity index (χ1n) is 6.54. The minimum atomic E-state index is -1.65. The summed E-state index contributed by atoms with van der Waals surface area (Å²) in [6.07, 6.45) is 0.